The Bertz CT molecular complexity index is 964. The fourth-order valence-electron chi connectivity index (χ4n) is 4.29. The van der Waals surface area contributed by atoms with Gasteiger partial charge in [-0.05, 0) is 51.7 Å². The maximum absolute atomic E-state index is 13.1. The van der Waals surface area contributed by atoms with Gasteiger partial charge in [-0.1, -0.05) is 30.5 Å². The van der Waals surface area contributed by atoms with Gasteiger partial charge in [-0.15, -0.1) is 0 Å². The Morgan fingerprint density at radius 3 is 2.37 bits per heavy atom. The molecule has 1 N–H and O–H groups in total. The molecule has 2 heterocycles. The van der Waals surface area contributed by atoms with E-state index in [2.05, 4.69) is 10.5 Å². The van der Waals surface area contributed by atoms with Crippen LogP contribution in [-0.4, -0.2) is 35.5 Å². The van der Waals surface area contributed by atoms with E-state index in [1.165, 1.54) is 12.8 Å². The Hall–Kier alpha value is -2.89. The van der Waals surface area contributed by atoms with Gasteiger partial charge in [0.05, 0.1) is 5.71 Å². The Labute approximate surface area is 177 Å². The van der Waals surface area contributed by atoms with E-state index in [0.29, 0.717) is 11.3 Å². The second kappa shape index (κ2) is 8.86. The van der Waals surface area contributed by atoms with Crippen LogP contribution in [0.15, 0.2) is 33.8 Å². The van der Waals surface area contributed by atoms with E-state index in [-0.39, 0.29) is 11.8 Å². The second-order valence-corrected chi connectivity index (χ2v) is 8.28. The summed E-state index contributed by atoms with van der Waals surface area (Å²) in [7, 11) is 0. The molecule has 4 rings (SSSR count). The number of hydrogen-bond acceptors (Lipinski definition) is 4. The summed E-state index contributed by atoms with van der Waals surface area (Å²) in [6.07, 6.45) is 6.86. The summed E-state index contributed by atoms with van der Waals surface area (Å²) in [6, 6.07) is 7.39. The van der Waals surface area contributed by atoms with E-state index >= 15 is 0 Å². The molecule has 1 fully saturated rings. The fourth-order valence-corrected chi connectivity index (χ4v) is 4.29. The van der Waals surface area contributed by atoms with E-state index in [0.717, 1.165) is 73.4 Å². The van der Waals surface area contributed by atoms with Gasteiger partial charge >= 0.3 is 0 Å². The highest BCUT2D eigenvalue weighted by atomic mass is 16.4. The van der Waals surface area contributed by atoms with Crippen LogP contribution in [0.1, 0.15) is 81.9 Å². The molecule has 0 spiro atoms. The number of hydrogen-bond donors (Lipinski definition) is 1. The Kier molecular flexibility index (Phi) is 6.02. The molecule has 1 aromatic heterocycles. The molecule has 2 aromatic rings. The highest BCUT2D eigenvalue weighted by molar-refractivity contribution is 6.07. The number of fused-ring (bicyclic) bond motifs is 1. The molecule has 6 heteroatoms. The maximum atomic E-state index is 13.1. The number of benzene rings is 1. The smallest absolute Gasteiger partial charge is 0.289 e. The van der Waals surface area contributed by atoms with Gasteiger partial charge in [0.25, 0.3) is 11.8 Å². The normalized spacial score (nSPS) is 18.1. The van der Waals surface area contributed by atoms with Crippen molar-refractivity contribution in [3.63, 3.8) is 0 Å². The van der Waals surface area contributed by atoms with E-state index in [4.69, 9.17) is 4.42 Å². The molecule has 0 unspecified atom stereocenters. The molecule has 30 heavy (non-hydrogen) atoms. The lowest BCUT2D eigenvalue weighted by Gasteiger charge is -2.19. The van der Waals surface area contributed by atoms with E-state index in [1.54, 1.807) is 12.1 Å². The Morgan fingerprint density at radius 1 is 0.967 bits per heavy atom. The van der Waals surface area contributed by atoms with Crippen LogP contribution in [-0.2, 0) is 6.42 Å². The highest BCUT2D eigenvalue weighted by Gasteiger charge is 2.30. The largest absolute Gasteiger partial charge is 0.455 e. The minimum atomic E-state index is -0.239. The lowest BCUT2D eigenvalue weighted by Crippen LogP contribution is -2.32. The number of nitrogens with one attached hydrogen (secondary N) is 1. The van der Waals surface area contributed by atoms with Crippen molar-refractivity contribution in [3.8, 4) is 0 Å². The predicted octanol–water partition coefficient (Wildman–Crippen LogP) is 4.38. The number of likely N-dealkylation sites (tertiary alicyclic amines) is 1. The monoisotopic (exact) mass is 407 g/mol. The van der Waals surface area contributed by atoms with Crippen LogP contribution in [0.3, 0.4) is 0 Å². The predicted molar refractivity (Wildman–Crippen MR) is 116 cm³/mol. The van der Waals surface area contributed by atoms with E-state index < -0.39 is 0 Å². The van der Waals surface area contributed by atoms with Crippen LogP contribution < -0.4 is 5.43 Å². The number of aryl methyl sites for hydroxylation is 2. The first-order valence-corrected chi connectivity index (χ1v) is 10.9. The fraction of sp³-hybridized carbons (Fsp3) is 0.458. The van der Waals surface area contributed by atoms with Crippen molar-refractivity contribution in [1.82, 2.24) is 10.3 Å². The molecule has 0 saturated carbocycles. The number of hydrazone groups is 1. The molecule has 0 bridgehead atoms. The third-order valence-corrected chi connectivity index (χ3v) is 6.02. The van der Waals surface area contributed by atoms with Crippen molar-refractivity contribution in [2.75, 3.05) is 13.1 Å². The summed E-state index contributed by atoms with van der Waals surface area (Å²) < 4.78 is 6.04. The van der Waals surface area contributed by atoms with Crippen molar-refractivity contribution in [3.05, 3.63) is 58.0 Å². The molecule has 2 aliphatic rings. The molecule has 1 aliphatic carbocycles. The average Bonchev–Trinajstić information content (AvgIpc) is 2.93. The van der Waals surface area contributed by atoms with Gasteiger partial charge in [0.2, 0.25) is 0 Å². The van der Waals surface area contributed by atoms with Crippen molar-refractivity contribution in [1.29, 1.82) is 0 Å². The summed E-state index contributed by atoms with van der Waals surface area (Å²) in [4.78, 5) is 27.5. The zero-order valence-electron chi connectivity index (χ0n) is 17.8. The maximum Gasteiger partial charge on any atom is 0.289 e. The molecule has 1 aliphatic heterocycles. The number of amides is 2. The van der Waals surface area contributed by atoms with Gasteiger partial charge in [0, 0.05) is 36.2 Å². The molecule has 0 atom stereocenters. The number of rotatable bonds is 3. The summed E-state index contributed by atoms with van der Waals surface area (Å²) >= 11 is 0. The van der Waals surface area contributed by atoms with Gasteiger partial charge < -0.3 is 9.32 Å². The lowest BCUT2D eigenvalue weighted by atomic mass is 9.93. The van der Waals surface area contributed by atoms with Gasteiger partial charge in [-0.25, -0.2) is 5.43 Å². The molecule has 0 radical (unpaired) electrons. The zero-order chi connectivity index (χ0) is 21.1. The summed E-state index contributed by atoms with van der Waals surface area (Å²) in [5.41, 5.74) is 6.86. The molecular weight excluding hydrogens is 378 g/mol. The average molecular weight is 408 g/mol. The van der Waals surface area contributed by atoms with Crippen LogP contribution in [0.2, 0.25) is 0 Å². The highest BCUT2D eigenvalue weighted by Crippen LogP contribution is 2.31. The number of nitrogens with zero attached hydrogens (tertiary/aromatic N) is 2. The van der Waals surface area contributed by atoms with Crippen LogP contribution >= 0.6 is 0 Å². The molecular formula is C24H29N3O3. The SMILES string of the molecule is Cc1ccc(C(=O)N/N=C2\CCCc3oc(C(=O)N4CCCCCC4)c(C)c32)cc1. The van der Waals surface area contributed by atoms with Gasteiger partial charge in [0.15, 0.2) is 5.76 Å². The lowest BCUT2D eigenvalue weighted by molar-refractivity contribution is 0.0726. The second-order valence-electron chi connectivity index (χ2n) is 8.28. The van der Waals surface area contributed by atoms with Crippen LogP contribution in [0.5, 0.6) is 0 Å². The van der Waals surface area contributed by atoms with Crippen LogP contribution in [0.4, 0.5) is 0 Å². The molecule has 1 saturated heterocycles. The van der Waals surface area contributed by atoms with Gasteiger partial charge in [0.1, 0.15) is 5.76 Å². The molecule has 2 amide bonds. The van der Waals surface area contributed by atoms with Crippen molar-refractivity contribution < 1.29 is 14.0 Å². The van der Waals surface area contributed by atoms with Crippen LogP contribution in [0, 0.1) is 13.8 Å². The minimum absolute atomic E-state index is 0.0214. The number of furan rings is 1. The summed E-state index contributed by atoms with van der Waals surface area (Å²) in [5.74, 6) is 0.977. The molecule has 6 nitrogen and oxygen atoms in total. The molecule has 158 valence electrons. The standard InChI is InChI=1S/C24H29N3O3/c1-16-10-12-18(13-11-16)23(28)26-25-19-8-7-9-20-21(19)17(2)22(30-20)24(29)27-14-5-3-4-6-15-27/h10-13H,3-9,14-15H2,1-2H3,(H,26,28)/b25-19+. The number of carbonyl (C=O) groups is 2. The third kappa shape index (κ3) is 4.18. The molecule has 1 aromatic carbocycles. The summed E-state index contributed by atoms with van der Waals surface area (Å²) in [5, 5.41) is 4.42. The van der Waals surface area contributed by atoms with Gasteiger partial charge in [-0.3, -0.25) is 9.59 Å². The summed E-state index contributed by atoms with van der Waals surface area (Å²) in [6.45, 7) is 5.49. The van der Waals surface area contributed by atoms with Crippen molar-refractivity contribution in [2.45, 2.75) is 58.8 Å². The van der Waals surface area contributed by atoms with Crippen molar-refractivity contribution in [2.24, 2.45) is 5.10 Å². The zero-order valence-corrected chi connectivity index (χ0v) is 17.8. The first-order chi connectivity index (χ1) is 14.5. The van der Waals surface area contributed by atoms with Crippen LogP contribution in [0.25, 0.3) is 0 Å². The third-order valence-electron chi connectivity index (χ3n) is 6.02. The topological polar surface area (TPSA) is 74.9 Å². The van der Waals surface area contributed by atoms with Crippen molar-refractivity contribution >= 4 is 17.5 Å². The van der Waals surface area contributed by atoms with Gasteiger partial charge in [-0.2, -0.15) is 5.10 Å². The first kappa shape index (κ1) is 20.4. The Morgan fingerprint density at radius 2 is 1.67 bits per heavy atom. The minimum Gasteiger partial charge on any atom is -0.455 e. The first-order valence-electron chi connectivity index (χ1n) is 10.9. The van der Waals surface area contributed by atoms with E-state index in [1.807, 2.05) is 30.9 Å². The van der Waals surface area contributed by atoms with E-state index in [9.17, 15) is 9.59 Å². The quantitative estimate of drug-likeness (QED) is 0.767. The Balaban J connectivity index is 1.56. The number of carbonyl (C=O) groups excluding carboxylic acids is 2.